The maximum Gasteiger partial charge on any atom is 0.310 e. The van der Waals surface area contributed by atoms with Gasteiger partial charge in [0.05, 0.1) is 23.9 Å². The van der Waals surface area contributed by atoms with Crippen molar-refractivity contribution in [1.82, 2.24) is 0 Å². The first-order valence-electron chi connectivity index (χ1n) is 15.1. The van der Waals surface area contributed by atoms with Crippen LogP contribution in [0, 0.1) is 17.8 Å². The van der Waals surface area contributed by atoms with Gasteiger partial charge >= 0.3 is 11.9 Å². The number of esters is 1. The molecule has 3 aromatic rings. The van der Waals surface area contributed by atoms with Gasteiger partial charge in [0.25, 0.3) is 0 Å². The van der Waals surface area contributed by atoms with Crippen LogP contribution in [0.25, 0.3) is 11.1 Å². The molecule has 4 aliphatic carbocycles. The number of benzene rings is 3. The van der Waals surface area contributed by atoms with Crippen LogP contribution >= 0.6 is 0 Å². The van der Waals surface area contributed by atoms with E-state index in [0.29, 0.717) is 25.2 Å². The number of carboxylic acid groups (broad SMARTS) is 1. The smallest absolute Gasteiger partial charge is 0.310 e. The van der Waals surface area contributed by atoms with Crippen molar-refractivity contribution in [3.63, 3.8) is 0 Å². The summed E-state index contributed by atoms with van der Waals surface area (Å²) in [6.07, 6.45) is 11.1. The lowest BCUT2D eigenvalue weighted by Crippen LogP contribution is -2.33. The monoisotopic (exact) mass is 574 g/mol. The molecule has 0 fully saturated rings. The van der Waals surface area contributed by atoms with Crippen molar-refractivity contribution < 1.29 is 28.9 Å². The van der Waals surface area contributed by atoms with E-state index in [2.05, 4.69) is 78.9 Å². The lowest BCUT2D eigenvalue weighted by Gasteiger charge is -2.36. The highest BCUT2D eigenvalue weighted by Gasteiger charge is 2.57. The molecule has 0 radical (unpaired) electrons. The van der Waals surface area contributed by atoms with Crippen molar-refractivity contribution in [2.24, 2.45) is 17.8 Å². The van der Waals surface area contributed by atoms with Crippen molar-refractivity contribution in [3.05, 3.63) is 125 Å². The van der Waals surface area contributed by atoms with Crippen LogP contribution in [0.3, 0.4) is 0 Å². The minimum absolute atomic E-state index is 0.0482. The number of fused-ring (bicyclic) bond motifs is 10. The third kappa shape index (κ3) is 4.31. The predicted octanol–water partition coefficient (Wildman–Crippen LogP) is 6.79. The summed E-state index contributed by atoms with van der Waals surface area (Å²) in [6, 6.07) is 23.7. The van der Waals surface area contributed by atoms with Gasteiger partial charge in [0, 0.05) is 11.8 Å². The van der Waals surface area contributed by atoms with Gasteiger partial charge in [-0.25, -0.2) is 0 Å². The molecule has 0 saturated heterocycles. The average molecular weight is 575 g/mol. The van der Waals surface area contributed by atoms with E-state index in [0.717, 1.165) is 5.76 Å². The van der Waals surface area contributed by atoms with Crippen LogP contribution in [0.2, 0.25) is 0 Å². The number of carbonyl (C=O) groups excluding carboxylic acids is 1. The molecule has 1 spiro atoms. The molecule has 0 saturated carbocycles. The molecule has 4 aliphatic rings. The molecule has 0 bridgehead atoms. The summed E-state index contributed by atoms with van der Waals surface area (Å²) in [5.41, 5.74) is 7.12. The highest BCUT2D eigenvalue weighted by molar-refractivity contribution is 5.86. The molecule has 6 nitrogen and oxygen atoms in total. The molecule has 3 aromatic carbocycles. The van der Waals surface area contributed by atoms with Gasteiger partial charge in [-0.15, -0.1) is 0 Å². The Kier molecular flexibility index (Phi) is 6.92. The fraction of sp³-hybridized carbons (Fsp3) is 0.297. The SMILES string of the molecule is CCOC1=CC2C(C=C1)c1ccccc1C21c2ccccc2-c2ccc(OCCOC(=O)C3CC=CCC3C(=O)O)cc21. The maximum atomic E-state index is 12.7. The largest absolute Gasteiger partial charge is 0.494 e. The number of carbonyl (C=O) groups is 2. The van der Waals surface area contributed by atoms with E-state index in [9.17, 15) is 14.7 Å². The second-order valence-electron chi connectivity index (χ2n) is 11.6. The first-order chi connectivity index (χ1) is 21.0. The standard InChI is InChI=1S/C37H34O6/c1-2-41-23-15-17-27-25-9-5-7-13-31(25)37(33(27)21-23)32-14-8-6-10-26(32)28-18-16-24(22-34(28)37)42-19-20-43-36(40)30-12-4-3-11-29(30)35(38)39/h3-10,13-18,21-22,27,29-30,33H,2,11-12,19-20H2,1H3,(H,38,39). The third-order valence-electron chi connectivity index (χ3n) is 9.46. The molecule has 0 aromatic heterocycles. The van der Waals surface area contributed by atoms with Crippen LogP contribution in [0.1, 0.15) is 47.9 Å². The van der Waals surface area contributed by atoms with E-state index in [1.165, 1.54) is 33.4 Å². The number of hydrogen-bond acceptors (Lipinski definition) is 5. The molecule has 5 unspecified atom stereocenters. The minimum Gasteiger partial charge on any atom is -0.494 e. The van der Waals surface area contributed by atoms with Crippen molar-refractivity contribution in [1.29, 1.82) is 0 Å². The van der Waals surface area contributed by atoms with Crippen molar-refractivity contribution >= 4 is 11.9 Å². The summed E-state index contributed by atoms with van der Waals surface area (Å²) in [6.45, 7) is 2.84. The Balaban J connectivity index is 1.20. The molecular weight excluding hydrogens is 540 g/mol. The zero-order valence-electron chi connectivity index (χ0n) is 24.1. The van der Waals surface area contributed by atoms with Crippen LogP contribution < -0.4 is 4.74 Å². The van der Waals surface area contributed by atoms with Gasteiger partial charge in [0.2, 0.25) is 0 Å². The summed E-state index contributed by atoms with van der Waals surface area (Å²) in [5.74, 6) is -0.938. The maximum absolute atomic E-state index is 12.7. The van der Waals surface area contributed by atoms with E-state index in [1.54, 1.807) is 0 Å². The Bertz CT molecular complexity index is 1680. The Hall–Kier alpha value is -4.58. The summed E-state index contributed by atoms with van der Waals surface area (Å²) in [5, 5.41) is 9.50. The summed E-state index contributed by atoms with van der Waals surface area (Å²) < 4.78 is 17.7. The quantitative estimate of drug-likeness (QED) is 0.181. The fourth-order valence-corrected chi connectivity index (χ4v) is 7.72. The Morgan fingerprint density at radius 1 is 0.860 bits per heavy atom. The molecule has 0 aliphatic heterocycles. The lowest BCUT2D eigenvalue weighted by atomic mass is 9.65. The van der Waals surface area contributed by atoms with Crippen molar-refractivity contribution in [3.8, 4) is 16.9 Å². The number of hydrogen-bond donors (Lipinski definition) is 1. The summed E-state index contributed by atoms with van der Waals surface area (Å²) in [7, 11) is 0. The molecule has 1 N–H and O–H groups in total. The van der Waals surface area contributed by atoms with Gasteiger partial charge in [-0.3, -0.25) is 9.59 Å². The first kappa shape index (κ1) is 27.3. The average Bonchev–Trinajstić information content (AvgIpc) is 3.50. The van der Waals surface area contributed by atoms with E-state index in [4.69, 9.17) is 14.2 Å². The second kappa shape index (κ2) is 10.9. The van der Waals surface area contributed by atoms with Crippen LogP contribution in [-0.2, 0) is 24.5 Å². The molecule has 218 valence electrons. The molecule has 0 heterocycles. The fourth-order valence-electron chi connectivity index (χ4n) is 7.72. The number of allylic oxidation sites excluding steroid dienone is 5. The molecule has 6 heteroatoms. The van der Waals surface area contributed by atoms with Gasteiger partial charge in [-0.05, 0) is 77.4 Å². The zero-order chi connectivity index (χ0) is 29.6. The van der Waals surface area contributed by atoms with Gasteiger partial charge < -0.3 is 19.3 Å². The third-order valence-corrected chi connectivity index (χ3v) is 9.46. The van der Waals surface area contributed by atoms with Gasteiger partial charge in [0.1, 0.15) is 24.7 Å². The van der Waals surface area contributed by atoms with E-state index < -0.39 is 29.2 Å². The van der Waals surface area contributed by atoms with Gasteiger partial charge in [-0.2, -0.15) is 0 Å². The number of carboxylic acids is 1. The van der Waals surface area contributed by atoms with Gasteiger partial charge in [-0.1, -0.05) is 72.8 Å². The van der Waals surface area contributed by atoms with E-state index >= 15 is 0 Å². The highest BCUT2D eigenvalue weighted by atomic mass is 16.6. The highest BCUT2D eigenvalue weighted by Crippen LogP contribution is 2.65. The zero-order valence-corrected chi connectivity index (χ0v) is 24.1. The Morgan fingerprint density at radius 3 is 2.42 bits per heavy atom. The number of ether oxygens (including phenoxy) is 3. The predicted molar refractivity (Wildman–Crippen MR) is 163 cm³/mol. The molecule has 43 heavy (non-hydrogen) atoms. The summed E-state index contributed by atoms with van der Waals surface area (Å²) in [4.78, 5) is 24.3. The Morgan fingerprint density at radius 2 is 1.60 bits per heavy atom. The number of rotatable bonds is 8. The topological polar surface area (TPSA) is 82.1 Å². The minimum atomic E-state index is -0.969. The molecule has 7 rings (SSSR count). The van der Waals surface area contributed by atoms with Crippen LogP contribution in [0.5, 0.6) is 5.75 Å². The molecular formula is C37H34O6. The first-order valence-corrected chi connectivity index (χ1v) is 15.1. The van der Waals surface area contributed by atoms with E-state index in [1.807, 2.05) is 25.1 Å². The normalized spacial score (nSPS) is 25.7. The molecule has 5 atom stereocenters. The summed E-state index contributed by atoms with van der Waals surface area (Å²) >= 11 is 0. The van der Waals surface area contributed by atoms with Crippen molar-refractivity contribution in [2.75, 3.05) is 19.8 Å². The van der Waals surface area contributed by atoms with Crippen LogP contribution in [-0.4, -0.2) is 36.9 Å². The Labute approximate surface area is 251 Å². The molecule has 0 amide bonds. The van der Waals surface area contributed by atoms with Crippen LogP contribution in [0.15, 0.2) is 103 Å². The lowest BCUT2D eigenvalue weighted by molar-refractivity contribution is -0.158. The van der Waals surface area contributed by atoms with Crippen LogP contribution in [0.4, 0.5) is 0 Å². The second-order valence-corrected chi connectivity index (χ2v) is 11.6. The number of aliphatic carboxylic acids is 1. The van der Waals surface area contributed by atoms with Crippen molar-refractivity contribution in [2.45, 2.75) is 31.1 Å². The van der Waals surface area contributed by atoms with Gasteiger partial charge in [0.15, 0.2) is 0 Å². The van der Waals surface area contributed by atoms with E-state index in [-0.39, 0.29) is 25.0 Å².